The molecule has 0 saturated heterocycles. The van der Waals surface area contributed by atoms with E-state index in [-0.39, 0.29) is 9.47 Å². The molecule has 1 heterocycles. The summed E-state index contributed by atoms with van der Waals surface area (Å²) in [4.78, 5) is 11.1. The molecule has 0 fully saturated rings. The first-order chi connectivity index (χ1) is 6.88. The topological polar surface area (TPSA) is 54.9 Å². The Morgan fingerprint density at radius 2 is 2.13 bits per heavy atom. The summed E-state index contributed by atoms with van der Waals surface area (Å²) in [6, 6.07) is 0. The third-order valence-electron chi connectivity index (χ3n) is 1.29. The van der Waals surface area contributed by atoms with Gasteiger partial charge in [-0.15, -0.1) is 10.2 Å². The Bertz CT molecular complexity index is 354. The molecule has 0 radical (unpaired) electrons. The number of aromatic nitrogens is 2. The molecule has 1 aromatic rings. The number of hydrogen-bond acceptors (Lipinski definition) is 4. The number of carbonyl (C=O) groups is 1. The molecule has 0 aromatic carbocycles. The van der Waals surface area contributed by atoms with Crippen LogP contribution in [0.4, 0.5) is 13.2 Å². The van der Waals surface area contributed by atoms with Crippen LogP contribution in [0, 0.1) is 0 Å². The van der Waals surface area contributed by atoms with E-state index in [2.05, 4.69) is 15.5 Å². The van der Waals surface area contributed by atoms with Crippen molar-refractivity contribution in [3.63, 3.8) is 0 Å². The fraction of sp³-hybridized carbons (Fsp3) is 0.500. The van der Waals surface area contributed by atoms with Crippen molar-refractivity contribution in [1.82, 2.24) is 15.5 Å². The molecule has 4 nitrogen and oxygen atoms in total. The van der Waals surface area contributed by atoms with Crippen molar-refractivity contribution in [2.24, 2.45) is 0 Å². The predicted molar refractivity (Wildman–Crippen MR) is 47.9 cm³/mol. The van der Waals surface area contributed by atoms with E-state index in [4.69, 9.17) is 11.6 Å². The lowest BCUT2D eigenvalue weighted by molar-refractivity contribution is -0.132. The lowest BCUT2D eigenvalue weighted by Gasteiger charge is -2.05. The summed E-state index contributed by atoms with van der Waals surface area (Å²) in [6.07, 6.45) is -5.36. The van der Waals surface area contributed by atoms with Gasteiger partial charge in [0.25, 0.3) is 5.91 Å². The third-order valence-corrected chi connectivity index (χ3v) is 2.31. The van der Waals surface area contributed by atoms with Gasteiger partial charge in [0.1, 0.15) is 0 Å². The van der Waals surface area contributed by atoms with E-state index in [1.807, 2.05) is 0 Å². The van der Waals surface area contributed by atoms with Crippen LogP contribution in [0.1, 0.15) is 16.2 Å². The van der Waals surface area contributed by atoms with E-state index in [1.54, 1.807) is 0 Å². The Hall–Kier alpha value is -0.890. The van der Waals surface area contributed by atoms with E-state index in [0.29, 0.717) is 0 Å². The van der Waals surface area contributed by atoms with E-state index < -0.39 is 25.0 Å². The Morgan fingerprint density at radius 3 is 2.60 bits per heavy atom. The van der Waals surface area contributed by atoms with Crippen molar-refractivity contribution in [2.75, 3.05) is 6.54 Å². The maximum atomic E-state index is 11.7. The number of alkyl halides is 3. The van der Waals surface area contributed by atoms with E-state index >= 15 is 0 Å². The van der Waals surface area contributed by atoms with Gasteiger partial charge < -0.3 is 5.32 Å². The van der Waals surface area contributed by atoms with Gasteiger partial charge in [0, 0.05) is 6.54 Å². The largest absolute Gasteiger partial charge is 0.390 e. The number of hydrogen-bond donors (Lipinski definition) is 1. The summed E-state index contributed by atoms with van der Waals surface area (Å²) < 4.78 is 35.2. The van der Waals surface area contributed by atoms with Gasteiger partial charge in [-0.2, -0.15) is 13.2 Å². The SMILES string of the molecule is O=C(NCCC(F)(F)F)c1nnc(Cl)s1. The highest BCUT2D eigenvalue weighted by atomic mass is 35.5. The van der Waals surface area contributed by atoms with Gasteiger partial charge >= 0.3 is 6.18 Å². The van der Waals surface area contributed by atoms with Crippen LogP contribution < -0.4 is 5.32 Å². The maximum Gasteiger partial charge on any atom is 0.390 e. The van der Waals surface area contributed by atoms with Crippen molar-refractivity contribution in [3.05, 3.63) is 9.47 Å². The molecule has 0 spiro atoms. The first-order valence-electron chi connectivity index (χ1n) is 3.72. The smallest absolute Gasteiger partial charge is 0.350 e. The fourth-order valence-electron chi connectivity index (χ4n) is 0.690. The van der Waals surface area contributed by atoms with E-state index in [0.717, 1.165) is 11.3 Å². The molecule has 9 heteroatoms. The molecule has 0 aliphatic rings. The lowest BCUT2D eigenvalue weighted by Crippen LogP contribution is -2.27. The highest BCUT2D eigenvalue weighted by Gasteiger charge is 2.26. The van der Waals surface area contributed by atoms with Gasteiger partial charge in [0.15, 0.2) is 0 Å². The molecule has 15 heavy (non-hydrogen) atoms. The fourth-order valence-corrected chi connectivity index (χ4v) is 1.44. The van der Waals surface area contributed by atoms with Crippen LogP contribution in [0.15, 0.2) is 0 Å². The molecule has 1 aromatic heterocycles. The summed E-state index contributed by atoms with van der Waals surface area (Å²) in [5, 5.41) is 8.73. The minimum Gasteiger partial charge on any atom is -0.350 e. The third kappa shape index (κ3) is 4.43. The summed E-state index contributed by atoms with van der Waals surface area (Å²) >= 11 is 6.20. The molecule has 0 aliphatic heterocycles. The van der Waals surface area contributed by atoms with Crippen LogP contribution in [-0.4, -0.2) is 28.8 Å². The maximum absolute atomic E-state index is 11.7. The van der Waals surface area contributed by atoms with Crippen LogP contribution in [0.25, 0.3) is 0 Å². The Labute approximate surface area is 91.5 Å². The second kappa shape index (κ2) is 4.75. The summed E-state index contributed by atoms with van der Waals surface area (Å²) in [5.74, 6) is -0.705. The standard InChI is InChI=1S/C6H5ClF3N3OS/c7-5-13-12-4(15-5)3(14)11-2-1-6(8,9)10/h1-2H2,(H,11,14). The van der Waals surface area contributed by atoms with Crippen molar-refractivity contribution in [1.29, 1.82) is 0 Å². The minimum absolute atomic E-state index is 0.0535. The number of halogens is 4. The first kappa shape index (κ1) is 12.2. The molecule has 1 N–H and O–H groups in total. The van der Waals surface area contributed by atoms with Gasteiger partial charge in [-0.1, -0.05) is 11.3 Å². The zero-order chi connectivity index (χ0) is 11.5. The number of carbonyl (C=O) groups excluding carboxylic acids is 1. The van der Waals surface area contributed by atoms with Crippen LogP contribution in [-0.2, 0) is 0 Å². The zero-order valence-electron chi connectivity index (χ0n) is 7.14. The molecule has 1 rings (SSSR count). The molecule has 1 amide bonds. The molecule has 0 bridgehead atoms. The van der Waals surface area contributed by atoms with Gasteiger partial charge in [-0.05, 0) is 11.6 Å². The Morgan fingerprint density at radius 1 is 1.47 bits per heavy atom. The molecule has 0 saturated carbocycles. The van der Waals surface area contributed by atoms with Gasteiger partial charge in [0.05, 0.1) is 6.42 Å². The monoisotopic (exact) mass is 259 g/mol. The summed E-state index contributed by atoms with van der Waals surface area (Å²) in [7, 11) is 0. The van der Waals surface area contributed by atoms with Gasteiger partial charge in [0.2, 0.25) is 9.47 Å². The molecule has 0 atom stereocenters. The molecular formula is C6H5ClF3N3OS. The molecule has 0 aliphatic carbocycles. The van der Waals surface area contributed by atoms with Crippen LogP contribution in [0.5, 0.6) is 0 Å². The van der Waals surface area contributed by atoms with Crippen molar-refractivity contribution in [2.45, 2.75) is 12.6 Å². The molecule has 0 unspecified atom stereocenters. The van der Waals surface area contributed by atoms with E-state index in [9.17, 15) is 18.0 Å². The number of rotatable bonds is 3. The number of amides is 1. The highest BCUT2D eigenvalue weighted by molar-refractivity contribution is 7.17. The average Bonchev–Trinajstić information content (AvgIpc) is 2.49. The normalized spacial score (nSPS) is 11.5. The van der Waals surface area contributed by atoms with Crippen molar-refractivity contribution >= 4 is 28.8 Å². The number of nitrogens with one attached hydrogen (secondary N) is 1. The average molecular weight is 260 g/mol. The Kier molecular flexibility index (Phi) is 3.86. The van der Waals surface area contributed by atoms with Gasteiger partial charge in [-0.3, -0.25) is 4.79 Å². The van der Waals surface area contributed by atoms with Crippen LogP contribution >= 0.6 is 22.9 Å². The molecule has 84 valence electrons. The lowest BCUT2D eigenvalue weighted by atomic mass is 10.4. The zero-order valence-corrected chi connectivity index (χ0v) is 8.71. The van der Waals surface area contributed by atoms with E-state index in [1.165, 1.54) is 0 Å². The Balaban J connectivity index is 2.37. The molecular weight excluding hydrogens is 255 g/mol. The summed E-state index contributed by atoms with van der Waals surface area (Å²) in [6.45, 7) is -0.487. The second-order valence-electron chi connectivity index (χ2n) is 2.48. The van der Waals surface area contributed by atoms with Crippen LogP contribution in [0.3, 0.4) is 0 Å². The quantitative estimate of drug-likeness (QED) is 0.902. The van der Waals surface area contributed by atoms with Crippen LogP contribution in [0.2, 0.25) is 4.47 Å². The predicted octanol–water partition coefficient (Wildman–Crippen LogP) is 1.87. The second-order valence-corrected chi connectivity index (χ2v) is 4.04. The van der Waals surface area contributed by atoms with Gasteiger partial charge in [-0.25, -0.2) is 0 Å². The van der Waals surface area contributed by atoms with Crippen molar-refractivity contribution in [3.8, 4) is 0 Å². The van der Waals surface area contributed by atoms with Crippen molar-refractivity contribution < 1.29 is 18.0 Å². The summed E-state index contributed by atoms with van der Waals surface area (Å²) in [5.41, 5.74) is 0. The highest BCUT2D eigenvalue weighted by Crippen LogP contribution is 2.18. The minimum atomic E-state index is -4.29. The number of nitrogens with zero attached hydrogens (tertiary/aromatic N) is 2. The first-order valence-corrected chi connectivity index (χ1v) is 4.92.